The molecule has 150 valence electrons. The topological polar surface area (TPSA) is 87.0 Å². The highest BCUT2D eigenvalue weighted by Gasteiger charge is 2.30. The van der Waals surface area contributed by atoms with Crippen LogP contribution in [-0.4, -0.2) is 39.0 Å². The van der Waals surface area contributed by atoms with E-state index in [2.05, 4.69) is 15.1 Å². The van der Waals surface area contributed by atoms with Crippen molar-refractivity contribution in [1.29, 1.82) is 0 Å². The van der Waals surface area contributed by atoms with E-state index in [-0.39, 0.29) is 16.7 Å². The lowest BCUT2D eigenvalue weighted by atomic mass is 10.0. The van der Waals surface area contributed by atoms with Gasteiger partial charge in [0.25, 0.3) is 5.56 Å². The summed E-state index contributed by atoms with van der Waals surface area (Å²) in [7, 11) is 3.43. The van der Waals surface area contributed by atoms with Gasteiger partial charge in [-0.1, -0.05) is 19.1 Å². The molecule has 1 atom stereocenters. The summed E-state index contributed by atoms with van der Waals surface area (Å²) in [6, 6.07) is 4.37. The van der Waals surface area contributed by atoms with Crippen LogP contribution in [-0.2, 0) is 12.8 Å². The van der Waals surface area contributed by atoms with E-state index in [9.17, 15) is 23.1 Å². The lowest BCUT2D eigenvalue weighted by Gasteiger charge is -2.18. The van der Waals surface area contributed by atoms with Crippen LogP contribution in [0.25, 0.3) is 11.0 Å². The normalized spacial score (nSPS) is 13.1. The minimum absolute atomic E-state index is 0.165. The standard InChI is InChI=1S/C18H20F3N5O2/c1-4-13(10-5-7-11(8-6-10)18(19,20)21)26-15-14(12(9-27)24-26)16(28)23-17(22-15)25(2)3/h5-8,13,27H,4,9H2,1-3H3,(H,22,23,28)/t13-/m1/s1. The second-order valence-electron chi connectivity index (χ2n) is 6.58. The largest absolute Gasteiger partial charge is 0.416 e. The van der Waals surface area contributed by atoms with Gasteiger partial charge in [0.05, 0.1) is 18.2 Å². The summed E-state index contributed by atoms with van der Waals surface area (Å²) in [5.74, 6) is 0.311. The summed E-state index contributed by atoms with van der Waals surface area (Å²) in [5, 5.41) is 14.1. The minimum Gasteiger partial charge on any atom is -0.390 e. The zero-order chi connectivity index (χ0) is 20.6. The Morgan fingerprint density at radius 1 is 1.25 bits per heavy atom. The van der Waals surface area contributed by atoms with Crippen LogP contribution in [0.1, 0.15) is 36.2 Å². The molecular weight excluding hydrogens is 375 g/mol. The van der Waals surface area contributed by atoms with Crippen molar-refractivity contribution in [3.8, 4) is 0 Å². The Balaban J connectivity index is 2.18. The number of benzene rings is 1. The average Bonchev–Trinajstić information content (AvgIpc) is 3.01. The molecule has 3 rings (SSSR count). The van der Waals surface area contributed by atoms with E-state index in [1.807, 2.05) is 6.92 Å². The van der Waals surface area contributed by atoms with E-state index in [1.165, 1.54) is 16.8 Å². The first-order valence-corrected chi connectivity index (χ1v) is 8.64. The number of alkyl halides is 3. The molecule has 0 spiro atoms. The van der Waals surface area contributed by atoms with Crippen LogP contribution in [0.2, 0.25) is 0 Å². The van der Waals surface area contributed by atoms with Gasteiger partial charge in [0.1, 0.15) is 11.1 Å². The molecule has 0 radical (unpaired) electrons. The summed E-state index contributed by atoms with van der Waals surface area (Å²) in [5.41, 5.74) is -0.149. The van der Waals surface area contributed by atoms with E-state index in [1.54, 1.807) is 19.0 Å². The molecule has 0 saturated carbocycles. The summed E-state index contributed by atoms with van der Waals surface area (Å²) >= 11 is 0. The molecule has 0 amide bonds. The van der Waals surface area contributed by atoms with Crippen LogP contribution in [0.5, 0.6) is 0 Å². The summed E-state index contributed by atoms with van der Waals surface area (Å²) in [6.07, 6.45) is -3.92. The van der Waals surface area contributed by atoms with Crippen molar-refractivity contribution < 1.29 is 18.3 Å². The first-order chi connectivity index (χ1) is 13.2. The predicted octanol–water partition coefficient (Wildman–Crippen LogP) is 2.70. The van der Waals surface area contributed by atoms with Crippen LogP contribution < -0.4 is 10.5 Å². The average molecular weight is 395 g/mol. The van der Waals surface area contributed by atoms with Crippen molar-refractivity contribution >= 4 is 17.0 Å². The molecule has 0 aliphatic carbocycles. The Kier molecular flexibility index (Phi) is 5.16. The number of aliphatic hydroxyl groups is 1. The Morgan fingerprint density at radius 3 is 2.39 bits per heavy atom. The van der Waals surface area contributed by atoms with Gasteiger partial charge in [-0.15, -0.1) is 0 Å². The highest BCUT2D eigenvalue weighted by Crippen LogP contribution is 2.32. The SMILES string of the molecule is CC[C@H](c1ccc(C(F)(F)F)cc1)n1nc(CO)c2c(=O)[nH]c(N(C)C)nc21. The van der Waals surface area contributed by atoms with Crippen molar-refractivity contribution in [2.45, 2.75) is 32.2 Å². The van der Waals surface area contributed by atoms with Crippen LogP contribution in [0, 0.1) is 0 Å². The molecule has 3 aromatic rings. The molecule has 0 saturated heterocycles. The Labute approximate surface area is 158 Å². The monoisotopic (exact) mass is 395 g/mol. The number of aromatic nitrogens is 4. The summed E-state index contributed by atoms with van der Waals surface area (Å²) < 4.78 is 40.0. The number of anilines is 1. The van der Waals surface area contributed by atoms with Crippen molar-refractivity contribution in [1.82, 2.24) is 19.7 Å². The van der Waals surface area contributed by atoms with Crippen LogP contribution >= 0.6 is 0 Å². The number of nitrogens with zero attached hydrogens (tertiary/aromatic N) is 4. The van der Waals surface area contributed by atoms with Gasteiger partial charge in [0.2, 0.25) is 5.95 Å². The molecule has 2 N–H and O–H groups in total. The molecule has 7 nitrogen and oxygen atoms in total. The van der Waals surface area contributed by atoms with E-state index in [0.29, 0.717) is 17.9 Å². The van der Waals surface area contributed by atoms with Crippen LogP contribution in [0.15, 0.2) is 29.1 Å². The maximum absolute atomic E-state index is 12.8. The smallest absolute Gasteiger partial charge is 0.390 e. The third-order valence-corrected chi connectivity index (χ3v) is 4.50. The van der Waals surface area contributed by atoms with Crippen molar-refractivity contribution in [3.05, 3.63) is 51.4 Å². The van der Waals surface area contributed by atoms with Gasteiger partial charge in [-0.3, -0.25) is 9.78 Å². The zero-order valence-corrected chi connectivity index (χ0v) is 15.6. The first kappa shape index (κ1) is 19.9. The Bertz CT molecular complexity index is 1040. The van der Waals surface area contributed by atoms with Gasteiger partial charge < -0.3 is 10.0 Å². The van der Waals surface area contributed by atoms with Crippen LogP contribution in [0.3, 0.4) is 0 Å². The molecule has 2 aromatic heterocycles. The summed E-state index contributed by atoms with van der Waals surface area (Å²) in [4.78, 5) is 21.2. The lowest BCUT2D eigenvalue weighted by Crippen LogP contribution is -2.20. The maximum atomic E-state index is 12.8. The number of hydrogen-bond donors (Lipinski definition) is 2. The third-order valence-electron chi connectivity index (χ3n) is 4.50. The molecular formula is C18H20F3N5O2. The molecule has 2 heterocycles. The van der Waals surface area contributed by atoms with Gasteiger partial charge in [-0.25, -0.2) is 4.68 Å². The van der Waals surface area contributed by atoms with Crippen LogP contribution in [0.4, 0.5) is 19.1 Å². The summed E-state index contributed by atoms with van der Waals surface area (Å²) in [6.45, 7) is 1.40. The number of rotatable bonds is 5. The van der Waals surface area contributed by atoms with Gasteiger partial charge in [0, 0.05) is 14.1 Å². The predicted molar refractivity (Wildman–Crippen MR) is 98.3 cm³/mol. The zero-order valence-electron chi connectivity index (χ0n) is 15.6. The molecule has 0 aliphatic heterocycles. The number of halogens is 3. The second kappa shape index (κ2) is 7.27. The number of fused-ring (bicyclic) bond motifs is 1. The van der Waals surface area contributed by atoms with E-state index < -0.39 is 29.9 Å². The van der Waals surface area contributed by atoms with Gasteiger partial charge in [0.15, 0.2) is 5.65 Å². The second-order valence-corrected chi connectivity index (χ2v) is 6.58. The van der Waals surface area contributed by atoms with Gasteiger partial charge in [-0.2, -0.15) is 23.3 Å². The number of hydrogen-bond acceptors (Lipinski definition) is 5. The highest BCUT2D eigenvalue weighted by atomic mass is 19.4. The Hall–Kier alpha value is -2.88. The molecule has 10 heteroatoms. The molecule has 1 aromatic carbocycles. The molecule has 28 heavy (non-hydrogen) atoms. The fourth-order valence-electron chi connectivity index (χ4n) is 3.09. The quantitative estimate of drug-likeness (QED) is 0.694. The Morgan fingerprint density at radius 2 is 1.89 bits per heavy atom. The molecule has 0 aliphatic rings. The maximum Gasteiger partial charge on any atom is 0.416 e. The number of H-pyrrole nitrogens is 1. The first-order valence-electron chi connectivity index (χ1n) is 8.64. The van der Waals surface area contributed by atoms with Crippen molar-refractivity contribution in [3.63, 3.8) is 0 Å². The van der Waals surface area contributed by atoms with Gasteiger partial charge in [-0.05, 0) is 24.1 Å². The van der Waals surface area contributed by atoms with Crippen molar-refractivity contribution in [2.24, 2.45) is 0 Å². The van der Waals surface area contributed by atoms with Crippen molar-refractivity contribution in [2.75, 3.05) is 19.0 Å². The van der Waals surface area contributed by atoms with E-state index >= 15 is 0 Å². The number of nitrogens with one attached hydrogen (secondary N) is 1. The number of aromatic amines is 1. The fourth-order valence-corrected chi connectivity index (χ4v) is 3.09. The van der Waals surface area contributed by atoms with Gasteiger partial charge >= 0.3 is 6.18 Å². The highest BCUT2D eigenvalue weighted by molar-refractivity contribution is 5.78. The molecule has 0 fully saturated rings. The van der Waals surface area contributed by atoms with E-state index in [0.717, 1.165) is 12.1 Å². The number of aliphatic hydroxyl groups excluding tert-OH is 1. The lowest BCUT2D eigenvalue weighted by molar-refractivity contribution is -0.137. The fraction of sp³-hybridized carbons (Fsp3) is 0.389. The van der Waals surface area contributed by atoms with E-state index in [4.69, 9.17) is 0 Å². The minimum atomic E-state index is -4.42. The molecule has 0 bridgehead atoms. The molecule has 0 unspecified atom stereocenters. The third kappa shape index (κ3) is 3.47.